The number of amides is 1. The Balaban J connectivity index is 2.48. The van der Waals surface area contributed by atoms with Gasteiger partial charge in [-0.25, -0.2) is 4.79 Å². The number of aldehydes is 1. The highest BCUT2D eigenvalue weighted by Crippen LogP contribution is 2.44. The van der Waals surface area contributed by atoms with Gasteiger partial charge >= 0.3 is 6.09 Å². The van der Waals surface area contributed by atoms with Crippen molar-refractivity contribution in [3.8, 4) is 0 Å². The van der Waals surface area contributed by atoms with Crippen molar-refractivity contribution in [2.24, 2.45) is 5.41 Å². The molecule has 1 aromatic rings. The van der Waals surface area contributed by atoms with Gasteiger partial charge in [0, 0.05) is 13.0 Å². The van der Waals surface area contributed by atoms with E-state index in [0.29, 0.717) is 25.8 Å². The lowest BCUT2D eigenvalue weighted by Gasteiger charge is -2.45. The Labute approximate surface area is 182 Å². The van der Waals surface area contributed by atoms with Crippen LogP contribution in [0, 0.1) is 5.41 Å². The minimum atomic E-state index is -2.02. The minimum absolute atomic E-state index is 0.0688. The van der Waals surface area contributed by atoms with Crippen LogP contribution in [-0.4, -0.2) is 38.7 Å². The maximum Gasteiger partial charge on any atom is 0.410 e. The van der Waals surface area contributed by atoms with Crippen LogP contribution in [0.15, 0.2) is 42.2 Å². The van der Waals surface area contributed by atoms with Gasteiger partial charge in [-0.1, -0.05) is 58.0 Å². The molecule has 0 saturated heterocycles. The van der Waals surface area contributed by atoms with Gasteiger partial charge in [-0.2, -0.15) is 0 Å². The van der Waals surface area contributed by atoms with Crippen LogP contribution in [0.25, 0.3) is 0 Å². The zero-order chi connectivity index (χ0) is 22.6. The standard InChI is InChI=1S/C24H37NO4Si/c1-8-24(18-26)15-14-20(29-30(6,7)23(2,3)4)16-21(24)25(22(27)28-5)17-19-12-10-9-11-13-19/h9-13,16,18,21H,8,14-15,17H2,1-7H3/t21?,24-/m0/s1. The maximum absolute atomic E-state index is 12.8. The average Bonchev–Trinajstić information content (AvgIpc) is 2.71. The van der Waals surface area contributed by atoms with Gasteiger partial charge in [-0.05, 0) is 42.6 Å². The number of benzene rings is 1. The SMILES string of the molecule is CC[C@@]1(C=O)CCC(O[Si](C)(C)C(C)(C)C)=CC1N(Cc1ccccc1)C(=O)OC. The molecule has 166 valence electrons. The third-order valence-electron chi connectivity index (χ3n) is 6.80. The van der Waals surface area contributed by atoms with Gasteiger partial charge in [0.1, 0.15) is 6.29 Å². The summed E-state index contributed by atoms with van der Waals surface area (Å²) >= 11 is 0. The predicted molar refractivity (Wildman–Crippen MR) is 123 cm³/mol. The number of hydrogen-bond donors (Lipinski definition) is 0. The summed E-state index contributed by atoms with van der Waals surface area (Å²) in [6, 6.07) is 9.37. The lowest BCUT2D eigenvalue weighted by Crippen LogP contribution is -2.52. The molecule has 0 heterocycles. The van der Waals surface area contributed by atoms with Crippen LogP contribution < -0.4 is 0 Å². The van der Waals surface area contributed by atoms with Gasteiger partial charge in [0.25, 0.3) is 0 Å². The van der Waals surface area contributed by atoms with Crippen molar-refractivity contribution >= 4 is 20.7 Å². The number of methoxy groups -OCH3 is 1. The number of ether oxygens (including phenoxy) is 1. The van der Waals surface area contributed by atoms with Crippen LogP contribution in [0.4, 0.5) is 4.79 Å². The number of carbonyl (C=O) groups excluding carboxylic acids is 2. The summed E-state index contributed by atoms with van der Waals surface area (Å²) in [6.45, 7) is 13.4. The lowest BCUT2D eigenvalue weighted by atomic mass is 9.71. The molecule has 0 spiro atoms. The lowest BCUT2D eigenvalue weighted by molar-refractivity contribution is -0.120. The molecule has 30 heavy (non-hydrogen) atoms. The molecule has 2 rings (SSSR count). The van der Waals surface area contributed by atoms with Crippen LogP contribution in [0.3, 0.4) is 0 Å². The van der Waals surface area contributed by atoms with Gasteiger partial charge in [-0.15, -0.1) is 0 Å². The highest BCUT2D eigenvalue weighted by Gasteiger charge is 2.46. The summed E-state index contributed by atoms with van der Waals surface area (Å²) in [5, 5.41) is 0.0688. The second-order valence-electron chi connectivity index (χ2n) is 9.73. The molecule has 5 nitrogen and oxygen atoms in total. The summed E-state index contributed by atoms with van der Waals surface area (Å²) in [7, 11) is -0.641. The molecular weight excluding hydrogens is 394 g/mol. The van der Waals surface area contributed by atoms with Gasteiger partial charge in [0.2, 0.25) is 8.32 Å². The molecule has 1 aromatic carbocycles. The molecule has 1 amide bonds. The Morgan fingerprint density at radius 1 is 1.27 bits per heavy atom. The van der Waals surface area contributed by atoms with Crippen molar-refractivity contribution in [1.29, 1.82) is 0 Å². The van der Waals surface area contributed by atoms with Crippen molar-refractivity contribution < 1.29 is 18.8 Å². The van der Waals surface area contributed by atoms with Gasteiger partial charge in [-0.3, -0.25) is 4.90 Å². The minimum Gasteiger partial charge on any atom is -0.547 e. The molecule has 1 aliphatic rings. The van der Waals surface area contributed by atoms with E-state index in [9.17, 15) is 9.59 Å². The van der Waals surface area contributed by atoms with E-state index in [4.69, 9.17) is 9.16 Å². The predicted octanol–water partition coefficient (Wildman–Crippen LogP) is 5.92. The fraction of sp³-hybridized carbons (Fsp3) is 0.583. The largest absolute Gasteiger partial charge is 0.547 e. The molecule has 0 radical (unpaired) electrons. The Bertz CT molecular complexity index is 769. The molecule has 1 unspecified atom stereocenters. The number of nitrogens with zero attached hydrogens (tertiary/aromatic N) is 1. The number of hydrogen-bond acceptors (Lipinski definition) is 4. The Morgan fingerprint density at radius 2 is 1.90 bits per heavy atom. The maximum atomic E-state index is 12.8. The highest BCUT2D eigenvalue weighted by molar-refractivity contribution is 6.74. The van der Waals surface area contributed by atoms with Crippen molar-refractivity contribution in [2.45, 2.75) is 77.7 Å². The molecule has 0 fully saturated rings. The first kappa shape index (κ1) is 24.2. The topological polar surface area (TPSA) is 55.8 Å². The van der Waals surface area contributed by atoms with Crippen LogP contribution in [-0.2, 0) is 20.5 Å². The highest BCUT2D eigenvalue weighted by atomic mass is 28.4. The van der Waals surface area contributed by atoms with E-state index < -0.39 is 25.9 Å². The fourth-order valence-electron chi connectivity index (χ4n) is 3.67. The average molecular weight is 432 g/mol. The van der Waals surface area contributed by atoms with E-state index in [-0.39, 0.29) is 5.04 Å². The summed E-state index contributed by atoms with van der Waals surface area (Å²) in [6.07, 6.45) is 4.59. The summed E-state index contributed by atoms with van der Waals surface area (Å²) in [5.74, 6) is 0.888. The van der Waals surface area contributed by atoms with Crippen molar-refractivity contribution in [1.82, 2.24) is 4.90 Å². The molecule has 1 aliphatic carbocycles. The quantitative estimate of drug-likeness (QED) is 0.397. The summed E-state index contributed by atoms with van der Waals surface area (Å²) in [4.78, 5) is 26.8. The molecule has 2 atom stereocenters. The number of rotatable bonds is 7. The van der Waals surface area contributed by atoms with E-state index >= 15 is 0 Å². The molecule has 0 bridgehead atoms. The summed E-state index contributed by atoms with van der Waals surface area (Å²) < 4.78 is 11.7. The van der Waals surface area contributed by atoms with Crippen LogP contribution in [0.5, 0.6) is 0 Å². The molecule has 0 N–H and O–H groups in total. The molecule has 0 aliphatic heterocycles. The first-order chi connectivity index (χ1) is 14.0. The zero-order valence-electron chi connectivity index (χ0n) is 19.5. The van der Waals surface area contributed by atoms with Crippen molar-refractivity contribution in [3.05, 3.63) is 47.7 Å². The van der Waals surface area contributed by atoms with E-state index in [2.05, 4.69) is 33.9 Å². The molecule has 6 heteroatoms. The van der Waals surface area contributed by atoms with Crippen LogP contribution in [0.2, 0.25) is 18.1 Å². The first-order valence-corrected chi connectivity index (χ1v) is 13.6. The fourth-order valence-corrected chi connectivity index (χ4v) is 4.80. The monoisotopic (exact) mass is 431 g/mol. The second-order valence-corrected chi connectivity index (χ2v) is 14.5. The van der Waals surface area contributed by atoms with E-state index in [1.54, 1.807) is 4.90 Å². The van der Waals surface area contributed by atoms with Crippen molar-refractivity contribution in [3.63, 3.8) is 0 Å². The molecule has 0 saturated carbocycles. The van der Waals surface area contributed by atoms with E-state index in [0.717, 1.165) is 17.6 Å². The first-order valence-electron chi connectivity index (χ1n) is 10.7. The summed E-state index contributed by atoms with van der Waals surface area (Å²) in [5.41, 5.74) is 0.341. The Hall–Kier alpha value is -2.08. The van der Waals surface area contributed by atoms with E-state index in [1.165, 1.54) is 7.11 Å². The van der Waals surface area contributed by atoms with Crippen LogP contribution >= 0.6 is 0 Å². The smallest absolute Gasteiger partial charge is 0.410 e. The van der Waals surface area contributed by atoms with E-state index in [1.807, 2.05) is 43.3 Å². The third-order valence-corrected chi connectivity index (χ3v) is 11.2. The molecule has 0 aromatic heterocycles. The van der Waals surface area contributed by atoms with Crippen molar-refractivity contribution in [2.75, 3.05) is 7.11 Å². The zero-order valence-corrected chi connectivity index (χ0v) is 20.5. The van der Waals surface area contributed by atoms with Gasteiger partial charge in [0.05, 0.1) is 24.3 Å². The van der Waals surface area contributed by atoms with Gasteiger partial charge < -0.3 is 14.0 Å². The normalized spacial score (nSPS) is 22.1. The molecular formula is C24H37NO4Si. The number of allylic oxidation sites excluding steroid dienone is 1. The third kappa shape index (κ3) is 5.15. The Morgan fingerprint density at radius 3 is 2.40 bits per heavy atom. The Kier molecular flexibility index (Phi) is 7.56. The van der Waals surface area contributed by atoms with Crippen LogP contribution in [0.1, 0.15) is 52.5 Å². The number of carbonyl (C=O) groups is 2. The van der Waals surface area contributed by atoms with Gasteiger partial charge in [0.15, 0.2) is 0 Å². The second kappa shape index (κ2) is 9.37.